The van der Waals surface area contributed by atoms with Gasteiger partial charge in [-0.05, 0) is 29.7 Å². The molecule has 1 fully saturated rings. The lowest BCUT2D eigenvalue weighted by Crippen LogP contribution is -2.39. The summed E-state index contributed by atoms with van der Waals surface area (Å²) in [5.41, 5.74) is 6.16. The van der Waals surface area contributed by atoms with Gasteiger partial charge in [-0.1, -0.05) is 36.4 Å². The summed E-state index contributed by atoms with van der Waals surface area (Å²) in [6.07, 6.45) is 4.68. The molecule has 2 aromatic carbocycles. The SMILES string of the molecule is NC(=O)c1cncc(N2CCC[C@@H](C(=O)c3ccc4ccccc4c3)C2)n1. The summed E-state index contributed by atoms with van der Waals surface area (Å²) in [5.74, 6) is 0.0101. The number of Topliss-reactive ketones (excluding diaryl/α,β-unsaturated/α-hetero) is 1. The number of primary amides is 1. The summed E-state index contributed by atoms with van der Waals surface area (Å²) in [6, 6.07) is 13.9. The molecule has 0 bridgehead atoms. The van der Waals surface area contributed by atoms with Crippen LogP contribution in [0.4, 0.5) is 5.82 Å². The molecule has 1 aliphatic rings. The number of anilines is 1. The normalized spacial score (nSPS) is 17.0. The average molecular weight is 360 g/mol. The van der Waals surface area contributed by atoms with Gasteiger partial charge in [-0.3, -0.25) is 14.6 Å². The highest BCUT2D eigenvalue weighted by molar-refractivity contribution is 6.01. The highest BCUT2D eigenvalue weighted by Gasteiger charge is 2.27. The minimum atomic E-state index is -0.606. The highest BCUT2D eigenvalue weighted by Crippen LogP contribution is 2.25. The largest absolute Gasteiger partial charge is 0.364 e. The zero-order valence-electron chi connectivity index (χ0n) is 14.8. The molecule has 6 nitrogen and oxygen atoms in total. The maximum atomic E-state index is 13.1. The third-order valence-corrected chi connectivity index (χ3v) is 5.02. The van der Waals surface area contributed by atoms with Gasteiger partial charge in [0, 0.05) is 24.6 Å². The summed E-state index contributed by atoms with van der Waals surface area (Å²) < 4.78 is 0. The Morgan fingerprint density at radius 2 is 1.89 bits per heavy atom. The number of fused-ring (bicyclic) bond motifs is 1. The van der Waals surface area contributed by atoms with E-state index in [4.69, 9.17) is 5.73 Å². The summed E-state index contributed by atoms with van der Waals surface area (Å²) in [4.78, 5) is 34.7. The van der Waals surface area contributed by atoms with Crippen LogP contribution in [0.5, 0.6) is 0 Å². The van der Waals surface area contributed by atoms with Crippen molar-refractivity contribution in [2.24, 2.45) is 11.7 Å². The van der Waals surface area contributed by atoms with Crippen LogP contribution in [-0.4, -0.2) is 34.7 Å². The van der Waals surface area contributed by atoms with Crippen molar-refractivity contribution >= 4 is 28.3 Å². The fourth-order valence-electron chi connectivity index (χ4n) is 3.60. The van der Waals surface area contributed by atoms with Crippen LogP contribution < -0.4 is 10.6 Å². The Hall–Kier alpha value is -3.28. The number of benzene rings is 2. The Morgan fingerprint density at radius 1 is 1.07 bits per heavy atom. The zero-order valence-corrected chi connectivity index (χ0v) is 14.8. The number of carbonyl (C=O) groups is 2. The summed E-state index contributed by atoms with van der Waals surface area (Å²) >= 11 is 0. The smallest absolute Gasteiger partial charge is 0.268 e. The number of piperidine rings is 1. The Kier molecular flexibility index (Phi) is 4.54. The molecule has 0 unspecified atom stereocenters. The molecule has 6 heteroatoms. The van der Waals surface area contributed by atoms with Crippen molar-refractivity contribution in [1.29, 1.82) is 0 Å². The zero-order chi connectivity index (χ0) is 18.8. The van der Waals surface area contributed by atoms with E-state index in [0.29, 0.717) is 12.4 Å². The van der Waals surface area contributed by atoms with Gasteiger partial charge in [0.05, 0.1) is 12.4 Å². The third kappa shape index (κ3) is 3.51. The van der Waals surface area contributed by atoms with Gasteiger partial charge in [-0.2, -0.15) is 0 Å². The average Bonchev–Trinajstić information content (AvgIpc) is 2.73. The number of nitrogens with zero attached hydrogens (tertiary/aromatic N) is 3. The monoisotopic (exact) mass is 360 g/mol. The quantitative estimate of drug-likeness (QED) is 0.723. The molecule has 0 saturated carbocycles. The molecule has 3 aromatic rings. The van der Waals surface area contributed by atoms with Gasteiger partial charge in [0.15, 0.2) is 5.78 Å². The number of amides is 1. The molecular weight excluding hydrogens is 340 g/mol. The van der Waals surface area contributed by atoms with Crippen molar-refractivity contribution in [2.75, 3.05) is 18.0 Å². The molecule has 0 aliphatic carbocycles. The molecule has 27 heavy (non-hydrogen) atoms. The first-order valence-electron chi connectivity index (χ1n) is 9.01. The molecule has 4 rings (SSSR count). The molecule has 0 spiro atoms. The lowest BCUT2D eigenvalue weighted by Gasteiger charge is -2.32. The van der Waals surface area contributed by atoms with Crippen LogP contribution >= 0.6 is 0 Å². The molecule has 0 radical (unpaired) electrons. The number of hydrogen-bond acceptors (Lipinski definition) is 5. The number of ketones is 1. The van der Waals surface area contributed by atoms with Crippen LogP contribution in [0.25, 0.3) is 10.8 Å². The standard InChI is InChI=1S/C21H20N4O2/c22-21(27)18-11-23-12-19(24-18)25-9-3-6-17(13-25)20(26)16-8-7-14-4-1-2-5-15(14)10-16/h1-2,4-5,7-8,10-12,17H,3,6,9,13H2,(H2,22,27)/t17-/m1/s1. The second-order valence-corrected chi connectivity index (χ2v) is 6.84. The first-order valence-corrected chi connectivity index (χ1v) is 9.01. The van der Waals surface area contributed by atoms with Crippen LogP contribution in [-0.2, 0) is 0 Å². The van der Waals surface area contributed by atoms with E-state index in [-0.39, 0.29) is 17.4 Å². The number of hydrogen-bond donors (Lipinski definition) is 1. The van der Waals surface area contributed by atoms with E-state index in [1.807, 2.05) is 47.4 Å². The maximum absolute atomic E-state index is 13.1. The lowest BCUT2D eigenvalue weighted by atomic mass is 9.89. The van der Waals surface area contributed by atoms with Crippen LogP contribution in [0, 0.1) is 5.92 Å². The van der Waals surface area contributed by atoms with Crippen molar-refractivity contribution in [3.63, 3.8) is 0 Å². The van der Waals surface area contributed by atoms with Crippen molar-refractivity contribution in [3.8, 4) is 0 Å². The number of carbonyl (C=O) groups excluding carboxylic acids is 2. The van der Waals surface area contributed by atoms with Gasteiger partial charge in [-0.25, -0.2) is 4.98 Å². The minimum absolute atomic E-state index is 0.112. The van der Waals surface area contributed by atoms with E-state index in [1.165, 1.54) is 6.20 Å². The second kappa shape index (κ2) is 7.15. The Labute approximate surface area is 157 Å². The van der Waals surface area contributed by atoms with Gasteiger partial charge in [0.2, 0.25) is 0 Å². The molecule has 1 aromatic heterocycles. The molecule has 1 aliphatic heterocycles. The van der Waals surface area contributed by atoms with E-state index in [9.17, 15) is 9.59 Å². The van der Waals surface area contributed by atoms with Gasteiger partial charge < -0.3 is 10.6 Å². The van der Waals surface area contributed by atoms with Crippen molar-refractivity contribution in [3.05, 3.63) is 66.1 Å². The van der Waals surface area contributed by atoms with E-state index in [0.717, 1.165) is 35.7 Å². The highest BCUT2D eigenvalue weighted by atomic mass is 16.1. The lowest BCUT2D eigenvalue weighted by molar-refractivity contribution is 0.0906. The predicted molar refractivity (Wildman–Crippen MR) is 104 cm³/mol. The van der Waals surface area contributed by atoms with Gasteiger partial charge >= 0.3 is 0 Å². The molecule has 136 valence electrons. The van der Waals surface area contributed by atoms with E-state index in [1.54, 1.807) is 6.20 Å². The number of nitrogens with two attached hydrogens (primary N) is 1. The van der Waals surface area contributed by atoms with Crippen molar-refractivity contribution in [2.45, 2.75) is 12.8 Å². The first kappa shape index (κ1) is 17.1. The Bertz CT molecular complexity index is 1020. The summed E-state index contributed by atoms with van der Waals surface area (Å²) in [7, 11) is 0. The third-order valence-electron chi connectivity index (χ3n) is 5.02. The molecular formula is C21H20N4O2. The first-order chi connectivity index (χ1) is 13.1. The van der Waals surface area contributed by atoms with Crippen molar-refractivity contribution in [1.82, 2.24) is 9.97 Å². The van der Waals surface area contributed by atoms with Crippen LogP contribution in [0.15, 0.2) is 54.9 Å². The Balaban J connectivity index is 1.56. The van der Waals surface area contributed by atoms with Crippen LogP contribution in [0.1, 0.15) is 33.7 Å². The minimum Gasteiger partial charge on any atom is -0.364 e. The topological polar surface area (TPSA) is 89.2 Å². The van der Waals surface area contributed by atoms with E-state index >= 15 is 0 Å². The van der Waals surface area contributed by atoms with Gasteiger partial charge in [0.25, 0.3) is 5.91 Å². The fraction of sp³-hybridized carbons (Fsp3) is 0.238. The van der Waals surface area contributed by atoms with Crippen LogP contribution in [0.2, 0.25) is 0 Å². The molecule has 2 heterocycles. The fourth-order valence-corrected chi connectivity index (χ4v) is 3.60. The van der Waals surface area contributed by atoms with Gasteiger partial charge in [-0.15, -0.1) is 0 Å². The van der Waals surface area contributed by atoms with Gasteiger partial charge in [0.1, 0.15) is 11.5 Å². The molecule has 1 atom stereocenters. The molecule has 2 N–H and O–H groups in total. The van der Waals surface area contributed by atoms with E-state index < -0.39 is 5.91 Å². The molecule has 1 amide bonds. The summed E-state index contributed by atoms with van der Waals surface area (Å²) in [6.45, 7) is 1.33. The summed E-state index contributed by atoms with van der Waals surface area (Å²) in [5, 5.41) is 2.19. The van der Waals surface area contributed by atoms with Crippen LogP contribution in [0.3, 0.4) is 0 Å². The molecule has 1 saturated heterocycles. The van der Waals surface area contributed by atoms with E-state index in [2.05, 4.69) is 9.97 Å². The number of rotatable bonds is 4. The van der Waals surface area contributed by atoms with Crippen molar-refractivity contribution < 1.29 is 9.59 Å². The number of aromatic nitrogens is 2. The predicted octanol–water partition coefficient (Wildman–Crippen LogP) is 2.83. The maximum Gasteiger partial charge on any atom is 0.268 e. The Morgan fingerprint density at radius 3 is 2.70 bits per heavy atom. The second-order valence-electron chi connectivity index (χ2n) is 6.84.